The largest absolute Gasteiger partial charge is 0.477 e. The van der Waals surface area contributed by atoms with Crippen molar-refractivity contribution in [3.8, 4) is 0 Å². The standard InChI is InChI=1S/C9H12N2O4/c12-4-6(5-13)10-8-3-1-2-7(11-8)9(14)15/h1-3,6,12-13H,4-5H2,(H,10,11)(H,14,15). The summed E-state index contributed by atoms with van der Waals surface area (Å²) in [5.41, 5.74) is -0.0883. The van der Waals surface area contributed by atoms with E-state index < -0.39 is 12.0 Å². The highest BCUT2D eigenvalue weighted by molar-refractivity contribution is 5.85. The predicted molar refractivity (Wildman–Crippen MR) is 52.8 cm³/mol. The first kappa shape index (κ1) is 11.4. The molecule has 1 aromatic rings. The quantitative estimate of drug-likeness (QED) is 0.527. The summed E-state index contributed by atoms with van der Waals surface area (Å²) in [6, 6.07) is 3.91. The number of aliphatic hydroxyl groups is 2. The molecular weight excluding hydrogens is 200 g/mol. The van der Waals surface area contributed by atoms with E-state index in [0.29, 0.717) is 5.82 Å². The van der Waals surface area contributed by atoms with Crippen molar-refractivity contribution in [1.29, 1.82) is 0 Å². The molecule has 0 atom stereocenters. The SMILES string of the molecule is O=C(O)c1cccc(NC(CO)CO)n1. The zero-order valence-electron chi connectivity index (χ0n) is 7.92. The second-order valence-electron chi connectivity index (χ2n) is 2.92. The van der Waals surface area contributed by atoms with Gasteiger partial charge in [0.05, 0.1) is 19.3 Å². The predicted octanol–water partition coefficient (Wildman–Crippen LogP) is -0.455. The molecule has 1 heterocycles. The molecule has 0 amide bonds. The molecule has 0 aromatic carbocycles. The average molecular weight is 212 g/mol. The highest BCUT2D eigenvalue weighted by atomic mass is 16.4. The van der Waals surface area contributed by atoms with Crippen LogP contribution < -0.4 is 5.32 Å². The van der Waals surface area contributed by atoms with Gasteiger partial charge in [0, 0.05) is 0 Å². The van der Waals surface area contributed by atoms with Gasteiger partial charge in [-0.3, -0.25) is 0 Å². The van der Waals surface area contributed by atoms with Crippen molar-refractivity contribution in [2.75, 3.05) is 18.5 Å². The van der Waals surface area contributed by atoms with E-state index in [2.05, 4.69) is 10.3 Å². The summed E-state index contributed by atoms with van der Waals surface area (Å²) in [6.07, 6.45) is 0. The van der Waals surface area contributed by atoms with E-state index in [9.17, 15) is 4.79 Å². The molecule has 6 nitrogen and oxygen atoms in total. The van der Waals surface area contributed by atoms with Crippen LogP contribution in [-0.2, 0) is 0 Å². The Morgan fingerprint density at radius 1 is 1.40 bits per heavy atom. The summed E-state index contributed by atoms with van der Waals surface area (Å²) >= 11 is 0. The van der Waals surface area contributed by atoms with Crippen LogP contribution >= 0.6 is 0 Å². The van der Waals surface area contributed by atoms with Gasteiger partial charge in [-0.05, 0) is 12.1 Å². The summed E-state index contributed by atoms with van der Waals surface area (Å²) in [5, 5.41) is 29.0. The van der Waals surface area contributed by atoms with Crippen molar-refractivity contribution in [2.45, 2.75) is 6.04 Å². The Bertz CT molecular complexity index is 339. The van der Waals surface area contributed by atoms with Gasteiger partial charge in [-0.25, -0.2) is 9.78 Å². The molecule has 0 bridgehead atoms. The summed E-state index contributed by atoms with van der Waals surface area (Å²) < 4.78 is 0. The molecule has 0 aliphatic carbocycles. The Hall–Kier alpha value is -1.66. The minimum absolute atomic E-state index is 0.0883. The molecule has 0 radical (unpaired) electrons. The molecule has 0 fully saturated rings. The molecule has 82 valence electrons. The number of aromatic carboxylic acids is 1. The second-order valence-corrected chi connectivity index (χ2v) is 2.92. The number of aliphatic hydroxyl groups excluding tert-OH is 2. The van der Waals surface area contributed by atoms with Crippen LogP contribution in [-0.4, -0.2) is 45.5 Å². The topological polar surface area (TPSA) is 103 Å². The maximum absolute atomic E-state index is 10.6. The first-order valence-electron chi connectivity index (χ1n) is 4.36. The fourth-order valence-corrected chi connectivity index (χ4v) is 0.992. The number of anilines is 1. The molecular formula is C9H12N2O4. The fourth-order valence-electron chi connectivity index (χ4n) is 0.992. The Labute approximate surface area is 86.2 Å². The third kappa shape index (κ3) is 3.19. The molecule has 1 aromatic heterocycles. The molecule has 0 unspecified atom stereocenters. The average Bonchev–Trinajstić information content (AvgIpc) is 2.26. The van der Waals surface area contributed by atoms with Crippen LogP contribution in [0.5, 0.6) is 0 Å². The zero-order chi connectivity index (χ0) is 11.3. The van der Waals surface area contributed by atoms with Gasteiger partial charge in [0.15, 0.2) is 5.69 Å². The Balaban J connectivity index is 2.77. The molecule has 4 N–H and O–H groups in total. The molecule has 0 spiro atoms. The van der Waals surface area contributed by atoms with Crippen LogP contribution in [0.1, 0.15) is 10.5 Å². The normalized spacial score (nSPS) is 10.3. The summed E-state index contributed by atoms with van der Waals surface area (Å²) in [7, 11) is 0. The number of nitrogens with one attached hydrogen (secondary N) is 1. The van der Waals surface area contributed by atoms with Gasteiger partial charge in [0.25, 0.3) is 0 Å². The number of aromatic nitrogens is 1. The molecule has 0 aliphatic heterocycles. The van der Waals surface area contributed by atoms with Gasteiger partial charge < -0.3 is 20.6 Å². The molecule has 1 rings (SSSR count). The van der Waals surface area contributed by atoms with Crippen molar-refractivity contribution in [2.24, 2.45) is 0 Å². The Morgan fingerprint density at radius 2 is 2.07 bits per heavy atom. The van der Waals surface area contributed by atoms with Crippen LogP contribution in [0.15, 0.2) is 18.2 Å². The van der Waals surface area contributed by atoms with Gasteiger partial charge in [-0.15, -0.1) is 0 Å². The lowest BCUT2D eigenvalue weighted by molar-refractivity contribution is 0.0690. The fraction of sp³-hybridized carbons (Fsp3) is 0.333. The Kier molecular flexibility index (Phi) is 4.02. The van der Waals surface area contributed by atoms with Crippen molar-refractivity contribution in [3.05, 3.63) is 23.9 Å². The van der Waals surface area contributed by atoms with E-state index in [1.165, 1.54) is 12.1 Å². The van der Waals surface area contributed by atoms with Gasteiger partial charge in [0.2, 0.25) is 0 Å². The number of nitrogens with zero attached hydrogens (tertiary/aromatic N) is 1. The van der Waals surface area contributed by atoms with E-state index in [4.69, 9.17) is 15.3 Å². The van der Waals surface area contributed by atoms with E-state index in [0.717, 1.165) is 0 Å². The number of hydrogen-bond acceptors (Lipinski definition) is 5. The van der Waals surface area contributed by atoms with Crippen LogP contribution in [0.4, 0.5) is 5.82 Å². The van der Waals surface area contributed by atoms with Crippen LogP contribution in [0.3, 0.4) is 0 Å². The monoisotopic (exact) mass is 212 g/mol. The molecule has 0 saturated heterocycles. The molecule has 15 heavy (non-hydrogen) atoms. The first-order chi connectivity index (χ1) is 7.17. The minimum atomic E-state index is -1.12. The zero-order valence-corrected chi connectivity index (χ0v) is 7.92. The second kappa shape index (κ2) is 5.28. The van der Waals surface area contributed by atoms with Gasteiger partial charge >= 0.3 is 5.97 Å². The molecule has 6 heteroatoms. The highest BCUT2D eigenvalue weighted by Crippen LogP contribution is 2.06. The molecule has 0 aliphatic rings. The number of pyridine rings is 1. The van der Waals surface area contributed by atoms with E-state index >= 15 is 0 Å². The van der Waals surface area contributed by atoms with E-state index in [-0.39, 0.29) is 18.9 Å². The smallest absolute Gasteiger partial charge is 0.354 e. The van der Waals surface area contributed by atoms with E-state index in [1.807, 2.05) is 0 Å². The van der Waals surface area contributed by atoms with Gasteiger partial charge in [-0.2, -0.15) is 0 Å². The third-order valence-corrected chi connectivity index (χ3v) is 1.76. The first-order valence-corrected chi connectivity index (χ1v) is 4.36. The lowest BCUT2D eigenvalue weighted by atomic mass is 10.3. The van der Waals surface area contributed by atoms with Gasteiger partial charge in [0.1, 0.15) is 5.82 Å². The van der Waals surface area contributed by atoms with Crippen molar-refractivity contribution < 1.29 is 20.1 Å². The van der Waals surface area contributed by atoms with Crippen molar-refractivity contribution >= 4 is 11.8 Å². The summed E-state index contributed by atoms with van der Waals surface area (Å²) in [6.45, 7) is -0.509. The number of carbonyl (C=O) groups is 1. The van der Waals surface area contributed by atoms with Crippen LogP contribution in [0.2, 0.25) is 0 Å². The maximum atomic E-state index is 10.6. The third-order valence-electron chi connectivity index (χ3n) is 1.76. The number of rotatable bonds is 5. The van der Waals surface area contributed by atoms with Crippen LogP contribution in [0.25, 0.3) is 0 Å². The van der Waals surface area contributed by atoms with Crippen LogP contribution in [0, 0.1) is 0 Å². The lowest BCUT2D eigenvalue weighted by Gasteiger charge is -2.13. The number of hydrogen-bond donors (Lipinski definition) is 4. The summed E-state index contributed by atoms with van der Waals surface area (Å²) in [4.78, 5) is 14.4. The lowest BCUT2D eigenvalue weighted by Crippen LogP contribution is -2.28. The summed E-state index contributed by atoms with van der Waals surface area (Å²) in [5.74, 6) is -0.814. The maximum Gasteiger partial charge on any atom is 0.354 e. The highest BCUT2D eigenvalue weighted by Gasteiger charge is 2.08. The number of carboxylic acids is 1. The number of carboxylic acid groups (broad SMARTS) is 1. The van der Waals surface area contributed by atoms with E-state index in [1.54, 1.807) is 6.07 Å². The van der Waals surface area contributed by atoms with Crippen molar-refractivity contribution in [3.63, 3.8) is 0 Å². The minimum Gasteiger partial charge on any atom is -0.477 e. The molecule has 0 saturated carbocycles. The van der Waals surface area contributed by atoms with Gasteiger partial charge in [-0.1, -0.05) is 6.07 Å². The Morgan fingerprint density at radius 3 is 2.60 bits per heavy atom. The van der Waals surface area contributed by atoms with Crippen molar-refractivity contribution in [1.82, 2.24) is 4.98 Å².